The number of hydrogen-bond donors (Lipinski definition) is 1. The summed E-state index contributed by atoms with van der Waals surface area (Å²) >= 11 is 0. The largest absolute Gasteiger partial charge is 0.573 e. The van der Waals surface area contributed by atoms with Gasteiger partial charge in [-0.2, -0.15) is 0 Å². The Kier molecular flexibility index (Phi) is 11.4. The molecule has 0 saturated heterocycles. The third kappa shape index (κ3) is 12.0. The van der Waals surface area contributed by atoms with Crippen LogP contribution in [-0.4, -0.2) is 31.5 Å². The molecule has 154 valence electrons. The first kappa shape index (κ1) is 24.9. The van der Waals surface area contributed by atoms with Crippen LogP contribution in [0.15, 0.2) is 48.5 Å². The number of unbranched alkanes of at least 4 members (excludes halogenated alkanes) is 3. The molecule has 0 aromatic rings. The maximum absolute atomic E-state index is 13.4. The summed E-state index contributed by atoms with van der Waals surface area (Å²) in [6.07, 6.45) is 6.39. The molecular formula is C19H27F4NO3. The number of carbonyl (C=O) groups excluding carboxylic acids is 1. The van der Waals surface area contributed by atoms with Crippen molar-refractivity contribution in [1.29, 1.82) is 0 Å². The maximum atomic E-state index is 13.4. The third-order valence-corrected chi connectivity index (χ3v) is 3.47. The van der Waals surface area contributed by atoms with Crippen LogP contribution in [0.1, 0.15) is 39.5 Å². The molecule has 0 heterocycles. The van der Waals surface area contributed by atoms with E-state index in [9.17, 15) is 22.4 Å². The molecule has 0 aromatic carbocycles. The summed E-state index contributed by atoms with van der Waals surface area (Å²) in [7, 11) is 1.20. The van der Waals surface area contributed by atoms with Crippen LogP contribution in [0.25, 0.3) is 0 Å². The molecule has 1 atom stereocenters. The van der Waals surface area contributed by atoms with Crippen molar-refractivity contribution in [2.24, 2.45) is 0 Å². The lowest BCUT2D eigenvalue weighted by Gasteiger charge is -2.22. The second-order valence-corrected chi connectivity index (χ2v) is 5.92. The number of carbonyl (C=O) groups is 1. The average Bonchev–Trinajstić information content (AvgIpc) is 2.74. The minimum atomic E-state index is -4.98. The van der Waals surface area contributed by atoms with Gasteiger partial charge >= 0.3 is 12.3 Å². The van der Waals surface area contributed by atoms with Gasteiger partial charge in [-0.05, 0) is 31.9 Å². The zero-order valence-corrected chi connectivity index (χ0v) is 15.9. The predicted octanol–water partition coefficient (Wildman–Crippen LogP) is 5.10. The van der Waals surface area contributed by atoms with Gasteiger partial charge in [0, 0.05) is 0 Å². The Morgan fingerprint density at radius 1 is 1.30 bits per heavy atom. The minimum Gasteiger partial charge on any atom is -0.468 e. The minimum absolute atomic E-state index is 0.182. The van der Waals surface area contributed by atoms with Crippen LogP contribution in [0.2, 0.25) is 0 Å². The Bertz CT molecular complexity index is 568. The molecule has 0 aliphatic heterocycles. The van der Waals surface area contributed by atoms with Crippen molar-refractivity contribution in [3.05, 3.63) is 48.5 Å². The Morgan fingerprint density at radius 3 is 2.44 bits per heavy atom. The summed E-state index contributed by atoms with van der Waals surface area (Å²) in [5, 5.41) is 2.71. The Balaban J connectivity index is 0.000000821. The molecule has 1 N–H and O–H groups in total. The molecule has 1 aliphatic carbocycles. The number of nitrogens with one attached hydrogen (secondary N) is 1. The topological polar surface area (TPSA) is 47.6 Å². The van der Waals surface area contributed by atoms with Crippen molar-refractivity contribution in [2.45, 2.75) is 51.4 Å². The summed E-state index contributed by atoms with van der Waals surface area (Å²) in [5.41, 5.74) is -1.01. The highest BCUT2D eigenvalue weighted by molar-refractivity contribution is 5.71. The van der Waals surface area contributed by atoms with Crippen LogP contribution < -0.4 is 5.32 Å². The van der Waals surface area contributed by atoms with E-state index in [2.05, 4.69) is 28.3 Å². The number of allylic oxidation sites excluding steroid dienone is 4. The first-order valence-corrected chi connectivity index (χ1v) is 8.53. The van der Waals surface area contributed by atoms with Crippen molar-refractivity contribution >= 4 is 5.97 Å². The van der Waals surface area contributed by atoms with Gasteiger partial charge in [-0.15, -0.1) is 19.8 Å². The van der Waals surface area contributed by atoms with Crippen LogP contribution in [0.5, 0.6) is 0 Å². The van der Waals surface area contributed by atoms with E-state index < -0.39 is 29.5 Å². The molecule has 0 fully saturated rings. The number of hydrogen-bond acceptors (Lipinski definition) is 4. The van der Waals surface area contributed by atoms with Crippen molar-refractivity contribution in [3.8, 4) is 0 Å². The van der Waals surface area contributed by atoms with Gasteiger partial charge in [0.25, 0.3) is 0 Å². The molecule has 0 spiro atoms. The average molecular weight is 393 g/mol. The summed E-state index contributed by atoms with van der Waals surface area (Å²) < 4.78 is 57.7. The summed E-state index contributed by atoms with van der Waals surface area (Å²) in [5.74, 6) is -2.67. The number of methoxy groups -OCH3 is 1. The fourth-order valence-corrected chi connectivity index (χ4v) is 1.91. The highest BCUT2D eigenvalue weighted by Gasteiger charge is 2.33. The molecule has 0 radical (unpaired) electrons. The zero-order chi connectivity index (χ0) is 20.9. The molecule has 0 saturated carbocycles. The van der Waals surface area contributed by atoms with E-state index in [1.54, 1.807) is 6.92 Å². The van der Waals surface area contributed by atoms with Crippen LogP contribution >= 0.6 is 0 Å². The van der Waals surface area contributed by atoms with E-state index in [-0.39, 0.29) is 6.54 Å². The summed E-state index contributed by atoms with van der Waals surface area (Å²) in [6.45, 7) is 7.21. The second kappa shape index (κ2) is 12.3. The fraction of sp³-hybridized carbons (Fsp3) is 0.526. The van der Waals surface area contributed by atoms with E-state index >= 15 is 0 Å². The van der Waals surface area contributed by atoms with Crippen molar-refractivity contribution in [1.82, 2.24) is 5.32 Å². The smallest absolute Gasteiger partial charge is 0.468 e. The van der Waals surface area contributed by atoms with Crippen molar-refractivity contribution in [2.75, 3.05) is 13.7 Å². The van der Waals surface area contributed by atoms with E-state index in [1.807, 2.05) is 6.08 Å². The van der Waals surface area contributed by atoms with Crippen molar-refractivity contribution in [3.63, 3.8) is 0 Å². The van der Waals surface area contributed by atoms with Gasteiger partial charge in [0.05, 0.1) is 19.2 Å². The normalized spacial score (nSPS) is 19.1. The third-order valence-electron chi connectivity index (χ3n) is 3.47. The van der Waals surface area contributed by atoms with Gasteiger partial charge < -0.3 is 9.47 Å². The molecule has 1 aliphatic rings. The quantitative estimate of drug-likeness (QED) is 0.270. The number of ether oxygens (including phenoxy) is 2. The summed E-state index contributed by atoms with van der Waals surface area (Å²) in [4.78, 5) is 11.0. The first-order chi connectivity index (χ1) is 12.6. The predicted molar refractivity (Wildman–Crippen MR) is 96.3 cm³/mol. The SMILES string of the molecule is C=CCCCCC.COC(=O)CNC1(C)C=CC(F)=C(OC(F)(F)F)C=C1. The molecule has 0 aromatic heterocycles. The van der Waals surface area contributed by atoms with Gasteiger partial charge in [0.15, 0.2) is 11.6 Å². The van der Waals surface area contributed by atoms with Crippen molar-refractivity contribution < 1.29 is 31.8 Å². The van der Waals surface area contributed by atoms with E-state index in [4.69, 9.17) is 0 Å². The summed E-state index contributed by atoms with van der Waals surface area (Å²) in [6, 6.07) is 0. The molecule has 4 nitrogen and oxygen atoms in total. The highest BCUT2D eigenvalue weighted by Crippen LogP contribution is 2.27. The Labute approximate surface area is 157 Å². The fourth-order valence-electron chi connectivity index (χ4n) is 1.91. The van der Waals surface area contributed by atoms with Crippen LogP contribution in [0.3, 0.4) is 0 Å². The Hall–Kier alpha value is -2.09. The van der Waals surface area contributed by atoms with Gasteiger partial charge in [0.1, 0.15) is 0 Å². The highest BCUT2D eigenvalue weighted by atomic mass is 19.4. The molecule has 0 amide bonds. The standard InChI is InChI=1S/C12H13F4NO3.C7H14/c1-11(17-7-10(18)19-2)5-3-8(13)9(4-6-11)20-12(14,15)16;1-3-5-7-6-4-2/h3-6,17H,7H2,1-2H3;3H,1,4-7H2,2H3. The lowest BCUT2D eigenvalue weighted by atomic mass is 10.0. The first-order valence-electron chi connectivity index (χ1n) is 8.53. The van der Waals surface area contributed by atoms with Gasteiger partial charge in [-0.25, -0.2) is 4.39 Å². The lowest BCUT2D eigenvalue weighted by Crippen LogP contribution is -2.41. The number of halogens is 4. The molecule has 0 bridgehead atoms. The molecule has 1 rings (SSSR count). The van der Waals surface area contributed by atoms with Crippen LogP contribution in [0, 0.1) is 0 Å². The zero-order valence-electron chi connectivity index (χ0n) is 15.9. The molecule has 27 heavy (non-hydrogen) atoms. The molecule has 8 heteroatoms. The van der Waals surface area contributed by atoms with Crippen LogP contribution in [0.4, 0.5) is 17.6 Å². The lowest BCUT2D eigenvalue weighted by molar-refractivity contribution is -0.304. The number of esters is 1. The van der Waals surface area contributed by atoms with Gasteiger partial charge in [-0.3, -0.25) is 10.1 Å². The Morgan fingerprint density at radius 2 is 1.93 bits per heavy atom. The maximum Gasteiger partial charge on any atom is 0.573 e. The number of rotatable bonds is 8. The second-order valence-electron chi connectivity index (χ2n) is 5.92. The van der Waals surface area contributed by atoms with E-state index in [1.165, 1.54) is 44.9 Å². The van der Waals surface area contributed by atoms with E-state index in [0.29, 0.717) is 0 Å². The van der Waals surface area contributed by atoms with E-state index in [0.717, 1.165) is 12.2 Å². The monoisotopic (exact) mass is 393 g/mol. The van der Waals surface area contributed by atoms with Crippen LogP contribution in [-0.2, 0) is 14.3 Å². The molecular weight excluding hydrogens is 366 g/mol. The van der Waals surface area contributed by atoms with Gasteiger partial charge in [0.2, 0.25) is 0 Å². The number of alkyl halides is 3. The molecule has 1 unspecified atom stereocenters. The van der Waals surface area contributed by atoms with Gasteiger partial charge in [-0.1, -0.05) is 38.0 Å².